The Balaban J connectivity index is 0.000000262. The molecule has 0 amide bonds. The summed E-state index contributed by atoms with van der Waals surface area (Å²) in [7, 11) is 0. The van der Waals surface area contributed by atoms with E-state index in [2.05, 4.69) is 11.7 Å². The van der Waals surface area contributed by atoms with Crippen LogP contribution in [-0.4, -0.2) is 12.6 Å². The first kappa shape index (κ1) is 13.6. The SMILES string of the molecule is CCCCOC(C)=O.Fc1ccccc1. The number of hydrogen-bond acceptors (Lipinski definition) is 2. The van der Waals surface area contributed by atoms with Crippen LogP contribution >= 0.6 is 0 Å². The minimum Gasteiger partial charge on any atom is -0.466 e. The summed E-state index contributed by atoms with van der Waals surface area (Å²) >= 11 is 0. The van der Waals surface area contributed by atoms with Gasteiger partial charge >= 0.3 is 5.97 Å². The highest BCUT2D eigenvalue weighted by Gasteiger charge is 1.88. The molecule has 1 aromatic rings. The monoisotopic (exact) mass is 212 g/mol. The van der Waals surface area contributed by atoms with E-state index in [1.807, 2.05) is 0 Å². The zero-order valence-electron chi connectivity index (χ0n) is 9.20. The van der Waals surface area contributed by atoms with Crippen LogP contribution in [0.4, 0.5) is 4.39 Å². The molecule has 0 spiro atoms. The maximum absolute atomic E-state index is 11.9. The first-order chi connectivity index (χ1) is 7.16. The lowest BCUT2D eigenvalue weighted by Crippen LogP contribution is -1.99. The number of carbonyl (C=O) groups excluding carboxylic acids is 1. The first-order valence-corrected chi connectivity index (χ1v) is 5.00. The van der Waals surface area contributed by atoms with Crippen LogP contribution in [0.15, 0.2) is 30.3 Å². The molecule has 0 heterocycles. The summed E-state index contributed by atoms with van der Waals surface area (Å²) in [5, 5.41) is 0. The van der Waals surface area contributed by atoms with Gasteiger partial charge in [0.05, 0.1) is 6.61 Å². The quantitative estimate of drug-likeness (QED) is 0.568. The van der Waals surface area contributed by atoms with Gasteiger partial charge in [-0.15, -0.1) is 0 Å². The topological polar surface area (TPSA) is 26.3 Å². The third-order valence-corrected chi connectivity index (χ3v) is 1.54. The Kier molecular flexibility index (Phi) is 8.34. The molecule has 2 nitrogen and oxygen atoms in total. The zero-order chi connectivity index (χ0) is 11.5. The van der Waals surface area contributed by atoms with Crippen molar-refractivity contribution in [2.24, 2.45) is 0 Å². The number of ether oxygens (including phenoxy) is 1. The van der Waals surface area contributed by atoms with Crippen LogP contribution in [0.1, 0.15) is 26.7 Å². The first-order valence-electron chi connectivity index (χ1n) is 5.00. The minimum atomic E-state index is -0.182. The van der Waals surface area contributed by atoms with Gasteiger partial charge in [-0.25, -0.2) is 4.39 Å². The van der Waals surface area contributed by atoms with E-state index in [1.54, 1.807) is 18.2 Å². The van der Waals surface area contributed by atoms with Gasteiger partial charge in [-0.3, -0.25) is 4.79 Å². The summed E-state index contributed by atoms with van der Waals surface area (Å²) < 4.78 is 16.6. The van der Waals surface area contributed by atoms with Crippen LogP contribution in [0, 0.1) is 5.82 Å². The Morgan fingerprint density at radius 1 is 1.33 bits per heavy atom. The molecule has 0 aliphatic carbocycles. The number of rotatable bonds is 3. The number of unbranched alkanes of at least 4 members (excludes halogenated alkanes) is 1. The predicted molar refractivity (Wildman–Crippen MR) is 57.9 cm³/mol. The number of halogens is 1. The van der Waals surface area contributed by atoms with Crippen molar-refractivity contribution >= 4 is 5.97 Å². The molecule has 0 radical (unpaired) electrons. The van der Waals surface area contributed by atoms with Crippen molar-refractivity contribution in [3.63, 3.8) is 0 Å². The molecule has 0 aromatic heterocycles. The van der Waals surface area contributed by atoms with E-state index < -0.39 is 0 Å². The van der Waals surface area contributed by atoms with E-state index in [1.165, 1.54) is 19.1 Å². The molecule has 0 fully saturated rings. The Bertz CT molecular complexity index is 260. The fraction of sp³-hybridized carbons (Fsp3) is 0.417. The average molecular weight is 212 g/mol. The van der Waals surface area contributed by atoms with Crippen LogP contribution in [0.2, 0.25) is 0 Å². The minimum absolute atomic E-state index is 0.178. The van der Waals surface area contributed by atoms with Crippen molar-refractivity contribution in [2.45, 2.75) is 26.7 Å². The Morgan fingerprint density at radius 2 is 1.93 bits per heavy atom. The Labute approximate surface area is 90.1 Å². The van der Waals surface area contributed by atoms with Gasteiger partial charge in [0.25, 0.3) is 0 Å². The van der Waals surface area contributed by atoms with E-state index in [9.17, 15) is 9.18 Å². The van der Waals surface area contributed by atoms with Crippen LogP contribution < -0.4 is 0 Å². The molecule has 0 aliphatic rings. The Morgan fingerprint density at radius 3 is 2.27 bits per heavy atom. The fourth-order valence-corrected chi connectivity index (χ4v) is 0.775. The van der Waals surface area contributed by atoms with Gasteiger partial charge < -0.3 is 4.74 Å². The van der Waals surface area contributed by atoms with Crippen molar-refractivity contribution in [1.82, 2.24) is 0 Å². The molecule has 0 saturated carbocycles. The van der Waals surface area contributed by atoms with Crippen molar-refractivity contribution in [2.75, 3.05) is 6.61 Å². The molecular formula is C12H17FO2. The lowest BCUT2D eigenvalue weighted by Gasteiger charge is -1.96. The molecule has 15 heavy (non-hydrogen) atoms. The molecule has 0 saturated heterocycles. The highest BCUT2D eigenvalue weighted by molar-refractivity contribution is 5.65. The molecule has 0 N–H and O–H groups in total. The average Bonchev–Trinajstić information content (AvgIpc) is 2.20. The molecule has 0 bridgehead atoms. The maximum Gasteiger partial charge on any atom is 0.302 e. The summed E-state index contributed by atoms with van der Waals surface area (Å²) in [5.41, 5.74) is 0. The zero-order valence-corrected chi connectivity index (χ0v) is 9.20. The van der Waals surface area contributed by atoms with E-state index >= 15 is 0 Å². The van der Waals surface area contributed by atoms with Crippen molar-refractivity contribution in [1.29, 1.82) is 0 Å². The second-order valence-electron chi connectivity index (χ2n) is 2.99. The van der Waals surface area contributed by atoms with E-state index in [4.69, 9.17) is 0 Å². The molecule has 1 aromatic carbocycles. The van der Waals surface area contributed by atoms with E-state index in [-0.39, 0.29) is 11.8 Å². The lowest BCUT2D eigenvalue weighted by atomic mass is 10.4. The second-order valence-corrected chi connectivity index (χ2v) is 2.99. The standard InChI is InChI=1S/C6H5F.C6H12O2/c7-6-4-2-1-3-5-6;1-3-4-5-8-6(2)7/h1-5H;3-5H2,1-2H3. The van der Waals surface area contributed by atoms with Crippen LogP contribution in [0.5, 0.6) is 0 Å². The summed E-state index contributed by atoms with van der Waals surface area (Å²) in [5.74, 6) is -0.360. The highest BCUT2D eigenvalue weighted by Crippen LogP contribution is 1.91. The van der Waals surface area contributed by atoms with Gasteiger partial charge in [-0.1, -0.05) is 31.5 Å². The van der Waals surface area contributed by atoms with Crippen LogP contribution in [0.3, 0.4) is 0 Å². The predicted octanol–water partition coefficient (Wildman–Crippen LogP) is 3.18. The number of esters is 1. The molecule has 84 valence electrons. The molecule has 3 heteroatoms. The van der Waals surface area contributed by atoms with Crippen molar-refractivity contribution in [3.05, 3.63) is 36.1 Å². The third-order valence-electron chi connectivity index (χ3n) is 1.54. The largest absolute Gasteiger partial charge is 0.466 e. The molecule has 0 aliphatic heterocycles. The van der Waals surface area contributed by atoms with Gasteiger partial charge in [-0.05, 0) is 18.6 Å². The summed E-state index contributed by atoms with van der Waals surface area (Å²) in [4.78, 5) is 10.1. The van der Waals surface area contributed by atoms with Gasteiger partial charge in [0.1, 0.15) is 5.82 Å². The number of carbonyl (C=O) groups is 1. The van der Waals surface area contributed by atoms with E-state index in [0.717, 1.165) is 12.8 Å². The normalized spacial score (nSPS) is 8.73. The third kappa shape index (κ3) is 10.5. The van der Waals surface area contributed by atoms with Crippen LogP contribution in [0.25, 0.3) is 0 Å². The smallest absolute Gasteiger partial charge is 0.302 e. The van der Waals surface area contributed by atoms with Gasteiger partial charge in [0.15, 0.2) is 0 Å². The molecule has 0 atom stereocenters. The summed E-state index contributed by atoms with van der Waals surface area (Å²) in [6.07, 6.45) is 2.05. The number of benzene rings is 1. The second kappa shape index (κ2) is 9.19. The Hall–Kier alpha value is -1.38. The molecular weight excluding hydrogens is 195 g/mol. The lowest BCUT2D eigenvalue weighted by molar-refractivity contribution is -0.141. The summed E-state index contributed by atoms with van der Waals surface area (Å²) in [6, 6.07) is 7.94. The van der Waals surface area contributed by atoms with Crippen LogP contribution in [-0.2, 0) is 9.53 Å². The van der Waals surface area contributed by atoms with Gasteiger partial charge in [0, 0.05) is 6.92 Å². The summed E-state index contributed by atoms with van der Waals surface area (Å²) in [6.45, 7) is 4.06. The van der Waals surface area contributed by atoms with Crippen molar-refractivity contribution in [3.8, 4) is 0 Å². The maximum atomic E-state index is 11.9. The molecule has 0 unspecified atom stereocenters. The molecule has 1 rings (SSSR count). The van der Waals surface area contributed by atoms with E-state index in [0.29, 0.717) is 6.61 Å². The number of hydrogen-bond donors (Lipinski definition) is 0. The highest BCUT2D eigenvalue weighted by atomic mass is 19.1. The van der Waals surface area contributed by atoms with Gasteiger partial charge in [-0.2, -0.15) is 0 Å². The van der Waals surface area contributed by atoms with Crippen molar-refractivity contribution < 1.29 is 13.9 Å². The fourth-order valence-electron chi connectivity index (χ4n) is 0.775. The van der Waals surface area contributed by atoms with Gasteiger partial charge in [0.2, 0.25) is 0 Å².